The summed E-state index contributed by atoms with van der Waals surface area (Å²) in [6, 6.07) is 0. The Kier molecular flexibility index (Phi) is 19.1. The lowest BCUT2D eigenvalue weighted by atomic mass is 10.2. The zero-order valence-corrected chi connectivity index (χ0v) is 16.1. The number of rotatable bonds is 16. The molecule has 0 aromatic carbocycles. The van der Waals surface area contributed by atoms with Crippen LogP contribution < -0.4 is 0 Å². The van der Waals surface area contributed by atoms with Crippen LogP contribution in [0.5, 0.6) is 0 Å². The van der Waals surface area contributed by atoms with E-state index >= 15 is 0 Å². The van der Waals surface area contributed by atoms with E-state index in [-0.39, 0.29) is 5.97 Å². The molecular formula is C22H36O3. The quantitative estimate of drug-likeness (QED) is 0.136. The van der Waals surface area contributed by atoms with Gasteiger partial charge in [0.1, 0.15) is 0 Å². The molecule has 0 unspecified atom stereocenters. The first-order valence-electron chi connectivity index (χ1n) is 9.73. The number of carbonyl (C=O) groups excluding carboxylic acids is 1. The smallest absolute Gasteiger partial charge is 0.298 e. The van der Waals surface area contributed by atoms with Crippen LogP contribution in [0.15, 0.2) is 48.6 Å². The summed E-state index contributed by atoms with van der Waals surface area (Å²) in [4.78, 5) is 20.3. The lowest BCUT2D eigenvalue weighted by molar-refractivity contribution is -0.269. The van der Waals surface area contributed by atoms with Gasteiger partial charge >= 0.3 is 5.97 Å². The Labute approximate surface area is 154 Å². The predicted octanol–water partition coefficient (Wildman–Crippen LogP) is 6.63. The summed E-state index contributed by atoms with van der Waals surface area (Å²) in [5.74, 6) is -0.294. The molecule has 0 saturated heterocycles. The molecule has 0 heterocycles. The van der Waals surface area contributed by atoms with Gasteiger partial charge in [-0.3, -0.25) is 4.89 Å². The molecule has 0 saturated carbocycles. The molecule has 0 aliphatic heterocycles. The van der Waals surface area contributed by atoms with E-state index in [0.29, 0.717) is 13.0 Å². The Bertz CT molecular complexity index is 405. The third-order valence-electron chi connectivity index (χ3n) is 3.48. The van der Waals surface area contributed by atoms with Gasteiger partial charge < -0.3 is 0 Å². The van der Waals surface area contributed by atoms with Crippen molar-refractivity contribution in [3.05, 3.63) is 48.6 Å². The molecule has 0 fully saturated rings. The van der Waals surface area contributed by atoms with Gasteiger partial charge in [-0.05, 0) is 51.9 Å². The predicted molar refractivity (Wildman–Crippen MR) is 106 cm³/mol. The van der Waals surface area contributed by atoms with E-state index in [0.717, 1.165) is 32.1 Å². The molecule has 0 atom stereocenters. The average Bonchev–Trinajstić information content (AvgIpc) is 2.62. The molecule has 142 valence electrons. The first-order valence-corrected chi connectivity index (χ1v) is 9.73. The second-order valence-corrected chi connectivity index (χ2v) is 5.84. The molecule has 0 N–H and O–H groups in total. The van der Waals surface area contributed by atoms with E-state index < -0.39 is 0 Å². The van der Waals surface area contributed by atoms with Crippen molar-refractivity contribution in [2.24, 2.45) is 0 Å². The van der Waals surface area contributed by atoms with Crippen molar-refractivity contribution in [1.29, 1.82) is 0 Å². The van der Waals surface area contributed by atoms with Crippen molar-refractivity contribution in [2.45, 2.75) is 78.1 Å². The fraction of sp³-hybridized carbons (Fsp3) is 0.591. The lowest BCUT2D eigenvalue weighted by Crippen LogP contribution is -2.04. The summed E-state index contributed by atoms with van der Waals surface area (Å²) in [7, 11) is 0. The van der Waals surface area contributed by atoms with E-state index in [4.69, 9.17) is 0 Å². The summed E-state index contributed by atoms with van der Waals surface area (Å²) >= 11 is 0. The van der Waals surface area contributed by atoms with Gasteiger partial charge in [0.25, 0.3) is 0 Å². The van der Waals surface area contributed by atoms with E-state index in [2.05, 4.69) is 65.3 Å². The molecule has 0 aromatic rings. The normalized spacial score (nSPS) is 12.2. The van der Waals surface area contributed by atoms with Crippen LogP contribution in [0.3, 0.4) is 0 Å². The van der Waals surface area contributed by atoms with Crippen molar-refractivity contribution in [3.8, 4) is 0 Å². The van der Waals surface area contributed by atoms with E-state index in [1.165, 1.54) is 25.7 Å². The molecule has 0 amide bonds. The van der Waals surface area contributed by atoms with Gasteiger partial charge in [0.2, 0.25) is 0 Å². The number of hydrogen-bond donors (Lipinski definition) is 0. The highest BCUT2D eigenvalue weighted by molar-refractivity contribution is 5.68. The number of carbonyl (C=O) groups is 1. The maximum Gasteiger partial charge on any atom is 0.342 e. The summed E-state index contributed by atoms with van der Waals surface area (Å²) in [5.41, 5.74) is 0. The van der Waals surface area contributed by atoms with Gasteiger partial charge in [-0.1, -0.05) is 68.4 Å². The zero-order valence-electron chi connectivity index (χ0n) is 16.1. The maximum absolute atomic E-state index is 11.2. The van der Waals surface area contributed by atoms with Crippen LogP contribution in [-0.4, -0.2) is 12.6 Å². The van der Waals surface area contributed by atoms with Crippen molar-refractivity contribution >= 4 is 5.97 Å². The van der Waals surface area contributed by atoms with Gasteiger partial charge in [0, 0.05) is 6.42 Å². The second-order valence-electron chi connectivity index (χ2n) is 5.84. The van der Waals surface area contributed by atoms with Gasteiger partial charge in [0.05, 0.1) is 6.61 Å². The SMILES string of the molecule is CCCCC/C=C\C/C=C\C/C=C\C/C=C\CCCC(=O)OOCC. The van der Waals surface area contributed by atoms with Crippen molar-refractivity contribution in [3.63, 3.8) is 0 Å². The minimum absolute atomic E-state index is 0.294. The number of unbranched alkanes of at least 4 members (excludes halogenated alkanes) is 4. The summed E-state index contributed by atoms with van der Waals surface area (Å²) in [6.07, 6.45) is 27.8. The largest absolute Gasteiger partial charge is 0.342 e. The molecule has 0 aliphatic rings. The fourth-order valence-electron chi connectivity index (χ4n) is 2.09. The third kappa shape index (κ3) is 20.3. The highest BCUT2D eigenvalue weighted by Crippen LogP contribution is 2.02. The summed E-state index contributed by atoms with van der Waals surface area (Å²) in [6.45, 7) is 4.41. The topological polar surface area (TPSA) is 35.5 Å². The molecule has 25 heavy (non-hydrogen) atoms. The van der Waals surface area contributed by atoms with Crippen LogP contribution in [0.25, 0.3) is 0 Å². The van der Waals surface area contributed by atoms with Crippen molar-refractivity contribution < 1.29 is 14.6 Å². The molecular weight excluding hydrogens is 312 g/mol. The molecule has 0 aromatic heterocycles. The average molecular weight is 349 g/mol. The van der Waals surface area contributed by atoms with E-state index in [1.54, 1.807) is 6.92 Å². The minimum Gasteiger partial charge on any atom is -0.298 e. The first kappa shape index (κ1) is 23.4. The molecule has 3 nitrogen and oxygen atoms in total. The van der Waals surface area contributed by atoms with Crippen molar-refractivity contribution in [2.75, 3.05) is 6.61 Å². The van der Waals surface area contributed by atoms with Gasteiger partial charge in [-0.25, -0.2) is 4.79 Å². The zero-order chi connectivity index (χ0) is 18.4. The molecule has 0 aliphatic carbocycles. The van der Waals surface area contributed by atoms with Crippen LogP contribution in [0.4, 0.5) is 0 Å². The Morgan fingerprint density at radius 2 is 1.24 bits per heavy atom. The molecule has 0 rings (SSSR count). The Balaban J connectivity index is 3.44. The maximum atomic E-state index is 11.2. The van der Waals surface area contributed by atoms with E-state index in [1.807, 2.05) is 0 Å². The van der Waals surface area contributed by atoms with Crippen LogP contribution in [0.1, 0.15) is 78.1 Å². The second kappa shape index (κ2) is 20.4. The highest BCUT2D eigenvalue weighted by atomic mass is 17.2. The van der Waals surface area contributed by atoms with Gasteiger partial charge in [-0.2, -0.15) is 4.89 Å². The summed E-state index contributed by atoms with van der Waals surface area (Å²) in [5, 5.41) is 0. The Hall–Kier alpha value is -1.61. The standard InChI is InChI=1S/C22H36O3/c1-3-5-6-7-8-9-10-11-12-13-14-15-16-17-18-19-20-21-22(23)25-24-4-2/h8-9,11-12,14-15,17-18H,3-7,10,13,16,19-21H2,1-2H3/b9-8-,12-11-,15-14-,18-17-. The molecule has 3 heteroatoms. The van der Waals surface area contributed by atoms with Crippen LogP contribution >= 0.6 is 0 Å². The molecule has 0 bridgehead atoms. The van der Waals surface area contributed by atoms with Crippen LogP contribution in [0.2, 0.25) is 0 Å². The highest BCUT2D eigenvalue weighted by Gasteiger charge is 2.01. The monoisotopic (exact) mass is 348 g/mol. The van der Waals surface area contributed by atoms with Crippen LogP contribution in [0, 0.1) is 0 Å². The fourth-order valence-corrected chi connectivity index (χ4v) is 2.09. The van der Waals surface area contributed by atoms with Gasteiger partial charge in [-0.15, -0.1) is 0 Å². The Morgan fingerprint density at radius 1 is 0.720 bits per heavy atom. The lowest BCUT2D eigenvalue weighted by Gasteiger charge is -1.99. The molecule has 0 radical (unpaired) electrons. The Morgan fingerprint density at radius 3 is 1.76 bits per heavy atom. The number of hydrogen-bond acceptors (Lipinski definition) is 3. The van der Waals surface area contributed by atoms with Crippen LogP contribution in [-0.2, 0) is 14.6 Å². The first-order chi connectivity index (χ1) is 12.3. The molecule has 0 spiro atoms. The van der Waals surface area contributed by atoms with Gasteiger partial charge in [0.15, 0.2) is 0 Å². The van der Waals surface area contributed by atoms with Crippen molar-refractivity contribution in [1.82, 2.24) is 0 Å². The van der Waals surface area contributed by atoms with E-state index in [9.17, 15) is 4.79 Å². The summed E-state index contributed by atoms with van der Waals surface area (Å²) < 4.78 is 0. The third-order valence-corrected chi connectivity index (χ3v) is 3.48. The number of allylic oxidation sites excluding steroid dienone is 8. The minimum atomic E-state index is -0.294.